The van der Waals surface area contributed by atoms with Crippen LogP contribution < -0.4 is 0 Å². The van der Waals surface area contributed by atoms with E-state index in [4.69, 9.17) is 0 Å². The molecule has 0 spiro atoms. The molecule has 0 radical (unpaired) electrons. The molecule has 2 heterocycles. The zero-order valence-corrected chi connectivity index (χ0v) is 10.8. The molecule has 2 aromatic heterocycles. The maximum absolute atomic E-state index is 13.1. The second-order valence-corrected chi connectivity index (χ2v) is 4.59. The SMILES string of the molecule is Cc1cc2nc(-c3ccc(F)cc3)cc(C(F)(F)F)n2n1. The minimum Gasteiger partial charge on any atom is -0.229 e. The predicted octanol–water partition coefficient (Wildman–Crippen LogP) is 3.86. The molecule has 0 aliphatic carbocycles. The fourth-order valence-corrected chi connectivity index (χ4v) is 2.06. The molecule has 0 aliphatic heterocycles. The fraction of sp³-hybridized carbons (Fsp3) is 0.143. The molecule has 0 amide bonds. The van der Waals surface area contributed by atoms with Gasteiger partial charge in [0.05, 0.1) is 11.4 Å². The Labute approximate surface area is 116 Å². The number of aromatic nitrogens is 3. The molecule has 1 aromatic carbocycles. The van der Waals surface area contributed by atoms with Crippen molar-refractivity contribution in [2.24, 2.45) is 0 Å². The number of nitrogens with zero attached hydrogens (tertiary/aromatic N) is 3. The Hall–Kier alpha value is -2.44. The van der Waals surface area contributed by atoms with Gasteiger partial charge in [0.2, 0.25) is 0 Å². The van der Waals surface area contributed by atoms with E-state index in [1.54, 1.807) is 6.92 Å². The lowest BCUT2D eigenvalue weighted by atomic mass is 10.1. The van der Waals surface area contributed by atoms with Crippen molar-refractivity contribution in [1.82, 2.24) is 14.6 Å². The highest BCUT2D eigenvalue weighted by molar-refractivity contribution is 5.62. The lowest BCUT2D eigenvalue weighted by molar-refractivity contribution is -0.142. The smallest absolute Gasteiger partial charge is 0.229 e. The predicted molar refractivity (Wildman–Crippen MR) is 68.1 cm³/mol. The molecule has 108 valence electrons. The molecule has 0 saturated heterocycles. The van der Waals surface area contributed by atoms with Crippen LogP contribution in [0.15, 0.2) is 36.4 Å². The van der Waals surface area contributed by atoms with Crippen LogP contribution in [-0.2, 0) is 6.18 Å². The summed E-state index contributed by atoms with van der Waals surface area (Å²) in [6.45, 7) is 1.59. The van der Waals surface area contributed by atoms with Gasteiger partial charge in [-0.25, -0.2) is 13.9 Å². The summed E-state index contributed by atoms with van der Waals surface area (Å²) in [6, 6.07) is 7.50. The molecule has 0 N–H and O–H groups in total. The zero-order valence-electron chi connectivity index (χ0n) is 10.8. The molecule has 7 heteroatoms. The summed E-state index contributed by atoms with van der Waals surface area (Å²) in [7, 11) is 0. The summed E-state index contributed by atoms with van der Waals surface area (Å²) in [5.74, 6) is -0.462. The van der Waals surface area contributed by atoms with Crippen LogP contribution in [0.25, 0.3) is 16.9 Å². The number of aryl methyl sites for hydroxylation is 1. The normalized spacial score (nSPS) is 12.0. The Morgan fingerprint density at radius 1 is 1.05 bits per heavy atom. The van der Waals surface area contributed by atoms with Crippen molar-refractivity contribution < 1.29 is 17.6 Å². The van der Waals surface area contributed by atoms with E-state index in [9.17, 15) is 17.6 Å². The first kappa shape index (κ1) is 13.5. The average Bonchev–Trinajstić information content (AvgIpc) is 2.77. The number of benzene rings is 1. The van der Waals surface area contributed by atoms with Crippen LogP contribution in [-0.4, -0.2) is 14.6 Å². The minimum atomic E-state index is -4.56. The van der Waals surface area contributed by atoms with E-state index in [0.29, 0.717) is 11.3 Å². The van der Waals surface area contributed by atoms with Gasteiger partial charge in [0.15, 0.2) is 11.3 Å². The van der Waals surface area contributed by atoms with Crippen molar-refractivity contribution in [2.75, 3.05) is 0 Å². The molecule has 0 atom stereocenters. The van der Waals surface area contributed by atoms with Gasteiger partial charge < -0.3 is 0 Å². The van der Waals surface area contributed by atoms with Gasteiger partial charge in [-0.1, -0.05) is 0 Å². The minimum absolute atomic E-state index is 0.0988. The van der Waals surface area contributed by atoms with Gasteiger partial charge in [-0.2, -0.15) is 18.3 Å². The van der Waals surface area contributed by atoms with Gasteiger partial charge in [-0.05, 0) is 37.3 Å². The number of alkyl halides is 3. The summed E-state index contributed by atoms with van der Waals surface area (Å²) >= 11 is 0. The Morgan fingerprint density at radius 3 is 2.33 bits per heavy atom. The molecule has 3 nitrogen and oxygen atoms in total. The van der Waals surface area contributed by atoms with E-state index in [1.807, 2.05) is 0 Å². The van der Waals surface area contributed by atoms with Crippen LogP contribution in [0.5, 0.6) is 0 Å². The lowest BCUT2D eigenvalue weighted by Gasteiger charge is -2.11. The van der Waals surface area contributed by atoms with Gasteiger partial charge in [0, 0.05) is 11.6 Å². The molecule has 3 rings (SSSR count). The Balaban J connectivity index is 2.27. The van der Waals surface area contributed by atoms with E-state index in [-0.39, 0.29) is 11.3 Å². The average molecular weight is 295 g/mol. The van der Waals surface area contributed by atoms with Crippen LogP contribution in [0.2, 0.25) is 0 Å². The summed E-state index contributed by atoms with van der Waals surface area (Å²) in [4.78, 5) is 4.15. The molecule has 0 bridgehead atoms. The molecular formula is C14H9F4N3. The Morgan fingerprint density at radius 2 is 1.71 bits per heavy atom. The van der Waals surface area contributed by atoms with Crippen LogP contribution in [0.3, 0.4) is 0 Å². The first-order valence-electron chi connectivity index (χ1n) is 6.05. The van der Waals surface area contributed by atoms with Crippen molar-refractivity contribution in [3.8, 4) is 11.3 Å². The van der Waals surface area contributed by atoms with Gasteiger partial charge >= 0.3 is 6.18 Å². The summed E-state index contributed by atoms with van der Waals surface area (Å²) < 4.78 is 53.1. The van der Waals surface area contributed by atoms with E-state index >= 15 is 0 Å². The van der Waals surface area contributed by atoms with Gasteiger partial charge in [-0.15, -0.1) is 0 Å². The fourth-order valence-electron chi connectivity index (χ4n) is 2.06. The Kier molecular flexibility index (Phi) is 2.93. The van der Waals surface area contributed by atoms with Crippen LogP contribution in [0, 0.1) is 12.7 Å². The molecule has 0 fully saturated rings. The van der Waals surface area contributed by atoms with Crippen LogP contribution >= 0.6 is 0 Å². The quantitative estimate of drug-likeness (QED) is 0.638. The highest BCUT2D eigenvalue weighted by Gasteiger charge is 2.35. The number of rotatable bonds is 1. The van der Waals surface area contributed by atoms with Crippen molar-refractivity contribution in [2.45, 2.75) is 13.1 Å². The maximum atomic E-state index is 13.1. The van der Waals surface area contributed by atoms with Gasteiger partial charge in [-0.3, -0.25) is 0 Å². The topological polar surface area (TPSA) is 30.2 Å². The third-order valence-electron chi connectivity index (χ3n) is 2.98. The highest BCUT2D eigenvalue weighted by atomic mass is 19.4. The number of fused-ring (bicyclic) bond motifs is 1. The largest absolute Gasteiger partial charge is 0.433 e. The van der Waals surface area contributed by atoms with E-state index in [0.717, 1.165) is 10.6 Å². The standard InChI is InChI=1S/C14H9F4N3/c1-8-6-13-19-11(9-2-4-10(15)5-3-9)7-12(14(16,17)18)21(13)20-8/h2-7H,1H3. The van der Waals surface area contributed by atoms with Crippen LogP contribution in [0.4, 0.5) is 17.6 Å². The zero-order chi connectivity index (χ0) is 15.2. The summed E-state index contributed by atoms with van der Waals surface area (Å²) in [5.41, 5.74) is 0.142. The van der Waals surface area contributed by atoms with Crippen molar-refractivity contribution in [1.29, 1.82) is 0 Å². The second kappa shape index (κ2) is 4.54. The third kappa shape index (κ3) is 2.46. The van der Waals surface area contributed by atoms with E-state index < -0.39 is 17.7 Å². The van der Waals surface area contributed by atoms with Gasteiger partial charge in [0.1, 0.15) is 5.82 Å². The number of halogens is 4. The third-order valence-corrected chi connectivity index (χ3v) is 2.98. The molecular weight excluding hydrogens is 286 g/mol. The Bertz CT molecular complexity index is 803. The first-order valence-corrected chi connectivity index (χ1v) is 6.05. The van der Waals surface area contributed by atoms with Crippen molar-refractivity contribution in [3.63, 3.8) is 0 Å². The van der Waals surface area contributed by atoms with E-state index in [1.165, 1.54) is 30.3 Å². The number of hydrogen-bond acceptors (Lipinski definition) is 2. The molecule has 0 aliphatic rings. The van der Waals surface area contributed by atoms with E-state index in [2.05, 4.69) is 10.1 Å². The maximum Gasteiger partial charge on any atom is 0.433 e. The first-order chi connectivity index (χ1) is 9.84. The molecule has 0 saturated carbocycles. The second-order valence-electron chi connectivity index (χ2n) is 4.59. The number of hydrogen-bond donors (Lipinski definition) is 0. The molecule has 3 aromatic rings. The summed E-state index contributed by atoms with van der Waals surface area (Å²) in [5, 5.41) is 3.80. The van der Waals surface area contributed by atoms with Crippen molar-refractivity contribution in [3.05, 3.63) is 53.6 Å². The lowest BCUT2D eigenvalue weighted by Crippen LogP contribution is -2.13. The van der Waals surface area contributed by atoms with Gasteiger partial charge in [0.25, 0.3) is 0 Å². The molecule has 0 unspecified atom stereocenters. The highest BCUT2D eigenvalue weighted by Crippen LogP contribution is 2.32. The van der Waals surface area contributed by atoms with Crippen molar-refractivity contribution >= 4 is 5.65 Å². The monoisotopic (exact) mass is 295 g/mol. The van der Waals surface area contributed by atoms with Crippen LogP contribution in [0.1, 0.15) is 11.4 Å². The molecule has 21 heavy (non-hydrogen) atoms. The summed E-state index contributed by atoms with van der Waals surface area (Å²) in [6.07, 6.45) is -4.56.